The first kappa shape index (κ1) is 41.6. The van der Waals surface area contributed by atoms with Crippen molar-refractivity contribution in [3.05, 3.63) is 167 Å². The zero-order chi connectivity index (χ0) is 42.8. The number of imide groups is 1. The number of nitrogens with one attached hydrogen (secondary N) is 2. The first-order valence-corrected chi connectivity index (χ1v) is 20.5. The summed E-state index contributed by atoms with van der Waals surface area (Å²) in [7, 11) is 0. The van der Waals surface area contributed by atoms with Gasteiger partial charge in [0.15, 0.2) is 0 Å². The van der Waals surface area contributed by atoms with Crippen LogP contribution in [0.15, 0.2) is 134 Å². The molecule has 62 heavy (non-hydrogen) atoms. The number of ketones is 1. The number of benzene rings is 6. The molecule has 0 unspecified atom stereocenters. The van der Waals surface area contributed by atoms with E-state index in [9.17, 15) is 18.8 Å². The summed E-state index contributed by atoms with van der Waals surface area (Å²) in [6, 6.07) is 37.7. The van der Waals surface area contributed by atoms with Crippen LogP contribution in [0.3, 0.4) is 0 Å². The molecule has 0 fully saturated rings. The summed E-state index contributed by atoms with van der Waals surface area (Å²) in [6.07, 6.45) is 4.97. The number of anilines is 2. The molecule has 0 bridgehead atoms. The summed E-state index contributed by atoms with van der Waals surface area (Å²) in [6.45, 7) is 1.66. The minimum absolute atomic E-state index is 0.0371. The third-order valence-electron chi connectivity index (χ3n) is 10.2. The highest BCUT2D eigenvalue weighted by atomic mass is 35.5. The highest BCUT2D eigenvalue weighted by Crippen LogP contribution is 2.34. The van der Waals surface area contributed by atoms with E-state index in [1.54, 1.807) is 36.4 Å². The topological polar surface area (TPSA) is 138 Å². The van der Waals surface area contributed by atoms with E-state index in [1.165, 1.54) is 24.5 Å². The smallest absolute Gasteiger partial charge is 0.299 e. The number of fused-ring (bicyclic) bond motifs is 2. The number of amides is 2. The quantitative estimate of drug-likeness (QED) is 0.0487. The molecule has 0 saturated heterocycles. The second kappa shape index (κ2) is 19.5. The zero-order valence-corrected chi connectivity index (χ0v) is 34.1. The van der Waals surface area contributed by atoms with Crippen LogP contribution in [0, 0.1) is 5.82 Å². The average Bonchev–Trinajstić information content (AvgIpc) is 3.28. The molecule has 11 nitrogen and oxygen atoms in total. The van der Waals surface area contributed by atoms with Crippen molar-refractivity contribution in [1.82, 2.24) is 15.3 Å². The van der Waals surface area contributed by atoms with Crippen molar-refractivity contribution in [2.24, 2.45) is 0 Å². The molecule has 0 aliphatic carbocycles. The summed E-state index contributed by atoms with van der Waals surface area (Å²) in [4.78, 5) is 45.6. The van der Waals surface area contributed by atoms with Crippen LogP contribution in [0.25, 0.3) is 22.0 Å². The largest absolute Gasteiger partial charge is 0.491 e. The van der Waals surface area contributed by atoms with Crippen molar-refractivity contribution in [1.29, 1.82) is 0 Å². The van der Waals surface area contributed by atoms with Crippen LogP contribution in [0.5, 0.6) is 23.0 Å². The van der Waals surface area contributed by atoms with Gasteiger partial charge in [0.25, 0.3) is 17.6 Å². The standard InChI is InChI=1S/C49H40ClFN4O7/c50-40-28-36(18-22-43(40)61-29-31-8-6-11-35(51)26-31)54-47-39-27-34(17-21-41(39)52-30-53-47)32-15-19-37(20-16-32)60-25-24-59-23-5-1-2-9-33-10-3-4-13-42(33)62-44-14-7-12-38-45(44)48(57)55-49(58)46(38)56/h3-4,6-8,10-22,26-28,30H,1-2,5,9,23-25,29H2,(H,52,53,54)(H,55,57,58). The van der Waals surface area contributed by atoms with Crippen LogP contribution in [0.4, 0.5) is 15.9 Å². The monoisotopic (exact) mass is 850 g/mol. The van der Waals surface area contributed by atoms with E-state index in [4.69, 9.17) is 30.5 Å². The summed E-state index contributed by atoms with van der Waals surface area (Å²) in [5, 5.41) is 6.68. The van der Waals surface area contributed by atoms with Gasteiger partial charge in [0.1, 0.15) is 54.2 Å². The van der Waals surface area contributed by atoms with Gasteiger partial charge in [-0.2, -0.15) is 0 Å². The Balaban J connectivity index is 0.774. The number of para-hydroxylation sites is 1. The third-order valence-corrected chi connectivity index (χ3v) is 10.5. The van der Waals surface area contributed by atoms with Crippen molar-refractivity contribution in [3.63, 3.8) is 0 Å². The molecule has 0 spiro atoms. The number of hydrogen-bond acceptors (Lipinski definition) is 10. The Hall–Kier alpha value is -7.15. The van der Waals surface area contributed by atoms with Gasteiger partial charge in [-0.3, -0.25) is 19.7 Å². The Labute approximate surface area is 361 Å². The summed E-state index contributed by atoms with van der Waals surface area (Å²) < 4.78 is 37.3. The van der Waals surface area contributed by atoms with Crippen molar-refractivity contribution in [2.75, 3.05) is 25.1 Å². The molecule has 0 saturated carbocycles. The number of carbonyl (C=O) groups is 3. The summed E-state index contributed by atoms with van der Waals surface area (Å²) in [5.41, 5.74) is 5.26. The van der Waals surface area contributed by atoms with Crippen molar-refractivity contribution >= 4 is 51.6 Å². The predicted molar refractivity (Wildman–Crippen MR) is 234 cm³/mol. The SMILES string of the molecule is O=C1NC(=O)c2c(Oc3ccccc3CCCCCOCCOc3ccc(-c4ccc5ncnc(Nc6ccc(OCc7cccc(F)c7)c(Cl)c6)c5c4)cc3)cccc2C1=O. The van der Waals surface area contributed by atoms with E-state index in [0.29, 0.717) is 47.7 Å². The molecule has 1 aromatic heterocycles. The van der Waals surface area contributed by atoms with Crippen LogP contribution < -0.4 is 24.8 Å². The number of nitrogens with zero attached hydrogens (tertiary/aromatic N) is 2. The van der Waals surface area contributed by atoms with Gasteiger partial charge >= 0.3 is 0 Å². The molecule has 0 atom stereocenters. The molecule has 312 valence electrons. The van der Waals surface area contributed by atoms with E-state index < -0.39 is 17.6 Å². The molecular formula is C49H40ClFN4O7. The van der Waals surface area contributed by atoms with Crippen LogP contribution in [0.2, 0.25) is 5.02 Å². The lowest BCUT2D eigenvalue weighted by molar-refractivity contribution is -0.116. The number of Topliss-reactive ketones (excluding diaryl/α,β-unsaturated/α-hetero) is 1. The Morgan fingerprint density at radius 1 is 0.677 bits per heavy atom. The molecule has 0 radical (unpaired) electrons. The molecular weight excluding hydrogens is 811 g/mol. The van der Waals surface area contributed by atoms with Crippen molar-refractivity contribution < 1.29 is 37.7 Å². The van der Waals surface area contributed by atoms with E-state index in [2.05, 4.69) is 20.6 Å². The Bertz CT molecular complexity index is 2770. The molecule has 1 aliphatic rings. The number of halogens is 2. The van der Waals surface area contributed by atoms with Gasteiger partial charge in [-0.25, -0.2) is 14.4 Å². The molecule has 13 heteroatoms. The van der Waals surface area contributed by atoms with Gasteiger partial charge in [0.05, 0.1) is 22.7 Å². The number of ether oxygens (including phenoxy) is 4. The van der Waals surface area contributed by atoms with Gasteiger partial charge < -0.3 is 24.3 Å². The molecule has 7 aromatic rings. The fraction of sp³-hybridized carbons (Fsp3) is 0.163. The fourth-order valence-corrected chi connectivity index (χ4v) is 7.26. The first-order valence-electron chi connectivity index (χ1n) is 20.1. The number of hydrogen-bond donors (Lipinski definition) is 2. The van der Waals surface area contributed by atoms with Crippen LogP contribution in [0.1, 0.15) is 51.1 Å². The predicted octanol–water partition coefficient (Wildman–Crippen LogP) is 10.5. The lowest BCUT2D eigenvalue weighted by Crippen LogP contribution is -2.42. The normalized spacial score (nSPS) is 12.2. The van der Waals surface area contributed by atoms with Crippen LogP contribution >= 0.6 is 11.6 Å². The highest BCUT2D eigenvalue weighted by molar-refractivity contribution is 6.49. The van der Waals surface area contributed by atoms with E-state index in [-0.39, 0.29) is 29.3 Å². The van der Waals surface area contributed by atoms with Crippen molar-refractivity contribution in [2.45, 2.75) is 32.3 Å². The zero-order valence-electron chi connectivity index (χ0n) is 33.4. The van der Waals surface area contributed by atoms with Gasteiger partial charge in [0, 0.05) is 23.2 Å². The summed E-state index contributed by atoms with van der Waals surface area (Å²) in [5.74, 6) is -0.0221. The van der Waals surface area contributed by atoms with Crippen molar-refractivity contribution in [3.8, 4) is 34.1 Å². The average molecular weight is 851 g/mol. The van der Waals surface area contributed by atoms with Gasteiger partial charge in [-0.05, 0) is 114 Å². The number of carbonyl (C=O) groups excluding carboxylic acids is 3. The van der Waals surface area contributed by atoms with E-state index in [0.717, 1.165) is 64.7 Å². The van der Waals surface area contributed by atoms with Crippen LogP contribution in [-0.4, -0.2) is 47.4 Å². The fourth-order valence-electron chi connectivity index (χ4n) is 7.03. The molecule has 2 N–H and O–H groups in total. The van der Waals surface area contributed by atoms with Gasteiger partial charge in [0.2, 0.25) is 0 Å². The number of unbranched alkanes of at least 4 members (excludes halogenated alkanes) is 2. The number of rotatable bonds is 18. The lowest BCUT2D eigenvalue weighted by atomic mass is 9.98. The van der Waals surface area contributed by atoms with E-state index in [1.807, 2.05) is 72.8 Å². The van der Waals surface area contributed by atoms with Gasteiger partial charge in [-0.15, -0.1) is 0 Å². The lowest BCUT2D eigenvalue weighted by Gasteiger charge is -2.18. The molecule has 8 rings (SSSR count). The van der Waals surface area contributed by atoms with Crippen LogP contribution in [-0.2, 0) is 22.6 Å². The minimum Gasteiger partial charge on any atom is -0.491 e. The molecule has 2 amide bonds. The maximum atomic E-state index is 13.6. The second-order valence-electron chi connectivity index (χ2n) is 14.4. The van der Waals surface area contributed by atoms with Gasteiger partial charge in [-0.1, -0.05) is 72.6 Å². The molecule has 1 aliphatic heterocycles. The number of aromatic nitrogens is 2. The first-order chi connectivity index (χ1) is 30.3. The number of aryl methyl sites for hydroxylation is 1. The molecule has 2 heterocycles. The molecule has 6 aromatic carbocycles. The Morgan fingerprint density at radius 3 is 2.35 bits per heavy atom. The second-order valence-corrected chi connectivity index (χ2v) is 14.8. The maximum Gasteiger partial charge on any atom is 0.299 e. The third kappa shape index (κ3) is 10.1. The highest BCUT2D eigenvalue weighted by Gasteiger charge is 2.33. The Kier molecular flexibility index (Phi) is 13.1. The minimum atomic E-state index is -0.942. The maximum absolute atomic E-state index is 13.6. The Morgan fingerprint density at radius 2 is 1.50 bits per heavy atom. The van der Waals surface area contributed by atoms with E-state index >= 15 is 0 Å². The summed E-state index contributed by atoms with van der Waals surface area (Å²) >= 11 is 6.55.